The third-order valence-corrected chi connectivity index (χ3v) is 6.29. The second-order valence-corrected chi connectivity index (χ2v) is 8.44. The molecule has 0 aliphatic rings. The number of carbonyl (C=O) groups is 1. The zero-order valence-electron chi connectivity index (χ0n) is 15.9. The number of amides is 1. The average molecular weight is 412 g/mol. The molecule has 0 aliphatic carbocycles. The van der Waals surface area contributed by atoms with Crippen LogP contribution in [0.15, 0.2) is 89.8 Å². The van der Waals surface area contributed by atoms with E-state index < -0.39 is 21.7 Å². The van der Waals surface area contributed by atoms with Gasteiger partial charge in [-0.25, -0.2) is 12.8 Å². The first-order chi connectivity index (χ1) is 13.9. The van der Waals surface area contributed by atoms with E-state index in [0.29, 0.717) is 5.69 Å². The Hall–Kier alpha value is -3.03. The van der Waals surface area contributed by atoms with E-state index in [1.54, 1.807) is 18.2 Å². The quantitative estimate of drug-likeness (QED) is 0.595. The molecule has 0 aliphatic heterocycles. The van der Waals surface area contributed by atoms with Gasteiger partial charge in [-0.2, -0.15) is 4.31 Å². The molecule has 0 saturated heterocycles. The standard InChI is InChI=1S/C22H21FN2O3S/c1-24(20-14-12-19(23)13-15-20)22(26)17-25(16-18-8-4-2-5-9-18)29(27,28)21-10-6-3-7-11-21/h2-15H,16-17H2,1H3. The van der Waals surface area contributed by atoms with Crippen LogP contribution in [0.2, 0.25) is 0 Å². The van der Waals surface area contributed by atoms with Crippen LogP contribution in [0.3, 0.4) is 0 Å². The Labute approximate surface area is 170 Å². The molecule has 0 radical (unpaired) electrons. The second-order valence-electron chi connectivity index (χ2n) is 6.50. The molecular weight excluding hydrogens is 391 g/mol. The highest BCUT2D eigenvalue weighted by Crippen LogP contribution is 2.20. The monoisotopic (exact) mass is 412 g/mol. The molecule has 0 saturated carbocycles. The maximum atomic E-state index is 13.2. The Balaban J connectivity index is 1.88. The van der Waals surface area contributed by atoms with Crippen LogP contribution >= 0.6 is 0 Å². The molecule has 5 nitrogen and oxygen atoms in total. The number of hydrogen-bond donors (Lipinski definition) is 0. The Kier molecular flexibility index (Phi) is 6.41. The number of anilines is 1. The summed E-state index contributed by atoms with van der Waals surface area (Å²) in [4.78, 5) is 14.3. The van der Waals surface area contributed by atoms with Gasteiger partial charge in [0, 0.05) is 19.3 Å². The van der Waals surface area contributed by atoms with Gasteiger partial charge in [-0.15, -0.1) is 0 Å². The molecule has 0 heterocycles. The molecule has 0 N–H and O–H groups in total. The molecule has 0 aromatic heterocycles. The van der Waals surface area contributed by atoms with E-state index in [1.165, 1.54) is 48.3 Å². The van der Waals surface area contributed by atoms with Gasteiger partial charge in [0.25, 0.3) is 0 Å². The second kappa shape index (κ2) is 8.98. The molecule has 0 unspecified atom stereocenters. The van der Waals surface area contributed by atoms with Crippen molar-refractivity contribution in [3.05, 3.63) is 96.3 Å². The maximum absolute atomic E-state index is 13.2. The van der Waals surface area contributed by atoms with Crippen molar-refractivity contribution in [3.8, 4) is 0 Å². The Bertz CT molecular complexity index is 1060. The van der Waals surface area contributed by atoms with Crippen molar-refractivity contribution >= 4 is 21.6 Å². The summed E-state index contributed by atoms with van der Waals surface area (Å²) in [7, 11) is -2.36. The number of benzene rings is 3. The Morgan fingerprint density at radius 2 is 1.41 bits per heavy atom. The third-order valence-electron chi connectivity index (χ3n) is 4.48. The number of hydrogen-bond acceptors (Lipinski definition) is 3. The zero-order chi connectivity index (χ0) is 20.9. The predicted molar refractivity (Wildman–Crippen MR) is 110 cm³/mol. The van der Waals surface area contributed by atoms with Crippen molar-refractivity contribution in [1.29, 1.82) is 0 Å². The highest BCUT2D eigenvalue weighted by Gasteiger charge is 2.28. The number of nitrogens with zero attached hydrogens (tertiary/aromatic N) is 2. The lowest BCUT2D eigenvalue weighted by Crippen LogP contribution is -2.41. The van der Waals surface area contributed by atoms with Gasteiger partial charge >= 0.3 is 0 Å². The van der Waals surface area contributed by atoms with Gasteiger partial charge in [-0.1, -0.05) is 48.5 Å². The highest BCUT2D eigenvalue weighted by molar-refractivity contribution is 7.89. The summed E-state index contributed by atoms with van der Waals surface area (Å²) in [6, 6.07) is 22.5. The average Bonchev–Trinajstić information content (AvgIpc) is 2.74. The van der Waals surface area contributed by atoms with Crippen molar-refractivity contribution in [2.45, 2.75) is 11.4 Å². The molecule has 0 atom stereocenters. The number of likely N-dealkylation sites (N-methyl/N-ethyl adjacent to an activating group) is 1. The van der Waals surface area contributed by atoms with E-state index in [-0.39, 0.29) is 18.0 Å². The number of sulfonamides is 1. The first-order valence-corrected chi connectivity index (χ1v) is 10.4. The summed E-state index contributed by atoms with van der Waals surface area (Å²) in [6.07, 6.45) is 0. The van der Waals surface area contributed by atoms with Crippen LogP contribution in [0.5, 0.6) is 0 Å². The van der Waals surface area contributed by atoms with Gasteiger partial charge in [-0.05, 0) is 42.0 Å². The van der Waals surface area contributed by atoms with Crippen LogP contribution in [-0.2, 0) is 21.4 Å². The molecule has 29 heavy (non-hydrogen) atoms. The van der Waals surface area contributed by atoms with Crippen LogP contribution in [0.1, 0.15) is 5.56 Å². The van der Waals surface area contributed by atoms with Crippen LogP contribution in [-0.4, -0.2) is 32.2 Å². The van der Waals surface area contributed by atoms with Gasteiger partial charge in [0.05, 0.1) is 11.4 Å². The first-order valence-electron chi connectivity index (χ1n) is 8.99. The summed E-state index contributed by atoms with van der Waals surface area (Å²) >= 11 is 0. The fourth-order valence-corrected chi connectivity index (χ4v) is 4.22. The van der Waals surface area contributed by atoms with E-state index >= 15 is 0 Å². The fourth-order valence-electron chi connectivity index (χ4n) is 2.82. The fraction of sp³-hybridized carbons (Fsp3) is 0.136. The van der Waals surface area contributed by atoms with E-state index in [4.69, 9.17) is 0 Å². The smallest absolute Gasteiger partial charge is 0.243 e. The molecule has 7 heteroatoms. The molecule has 1 amide bonds. The minimum absolute atomic E-state index is 0.0566. The van der Waals surface area contributed by atoms with Gasteiger partial charge in [0.2, 0.25) is 15.9 Å². The summed E-state index contributed by atoms with van der Waals surface area (Å²) in [5, 5.41) is 0. The van der Waals surface area contributed by atoms with Crippen LogP contribution in [0.25, 0.3) is 0 Å². The summed E-state index contributed by atoms with van der Waals surface area (Å²) in [5.74, 6) is -0.834. The van der Waals surface area contributed by atoms with Crippen molar-refractivity contribution in [2.75, 3.05) is 18.5 Å². The summed E-state index contributed by atoms with van der Waals surface area (Å²) in [5.41, 5.74) is 1.25. The third kappa shape index (κ3) is 5.07. The lowest BCUT2D eigenvalue weighted by atomic mass is 10.2. The Morgan fingerprint density at radius 3 is 2.00 bits per heavy atom. The minimum atomic E-state index is -3.89. The molecule has 0 bridgehead atoms. The van der Waals surface area contributed by atoms with E-state index in [9.17, 15) is 17.6 Å². The zero-order valence-corrected chi connectivity index (χ0v) is 16.7. The van der Waals surface area contributed by atoms with Gasteiger partial charge in [0.15, 0.2) is 0 Å². The minimum Gasteiger partial charge on any atom is -0.314 e. The highest BCUT2D eigenvalue weighted by atomic mass is 32.2. The largest absolute Gasteiger partial charge is 0.314 e. The molecule has 3 aromatic rings. The van der Waals surface area contributed by atoms with Crippen molar-refractivity contribution in [1.82, 2.24) is 4.31 Å². The van der Waals surface area contributed by atoms with Crippen molar-refractivity contribution in [2.24, 2.45) is 0 Å². The molecule has 0 spiro atoms. The van der Waals surface area contributed by atoms with Gasteiger partial charge < -0.3 is 4.90 Å². The summed E-state index contributed by atoms with van der Waals surface area (Å²) in [6.45, 7) is -0.291. The molecule has 0 fully saturated rings. The molecule has 3 aromatic carbocycles. The van der Waals surface area contributed by atoms with E-state index in [0.717, 1.165) is 9.87 Å². The topological polar surface area (TPSA) is 57.7 Å². The lowest BCUT2D eigenvalue weighted by Gasteiger charge is -2.25. The molecule has 3 rings (SSSR count). The normalized spacial score (nSPS) is 11.4. The lowest BCUT2D eigenvalue weighted by molar-refractivity contribution is -0.118. The SMILES string of the molecule is CN(C(=O)CN(Cc1ccccc1)S(=O)(=O)c1ccccc1)c1ccc(F)cc1. The van der Waals surface area contributed by atoms with E-state index in [2.05, 4.69) is 0 Å². The Morgan fingerprint density at radius 1 is 0.862 bits per heavy atom. The first kappa shape index (κ1) is 20.7. The number of halogens is 1. The van der Waals surface area contributed by atoms with Crippen LogP contribution in [0.4, 0.5) is 10.1 Å². The van der Waals surface area contributed by atoms with Crippen molar-refractivity contribution in [3.63, 3.8) is 0 Å². The van der Waals surface area contributed by atoms with Gasteiger partial charge in [-0.3, -0.25) is 4.79 Å². The maximum Gasteiger partial charge on any atom is 0.243 e. The van der Waals surface area contributed by atoms with Crippen molar-refractivity contribution < 1.29 is 17.6 Å². The van der Waals surface area contributed by atoms with Crippen LogP contribution < -0.4 is 4.90 Å². The van der Waals surface area contributed by atoms with Gasteiger partial charge in [0.1, 0.15) is 5.82 Å². The number of carbonyl (C=O) groups excluding carboxylic acids is 1. The summed E-state index contributed by atoms with van der Waals surface area (Å²) < 4.78 is 40.7. The predicted octanol–water partition coefficient (Wildman–Crippen LogP) is 3.68. The number of rotatable bonds is 7. The van der Waals surface area contributed by atoms with E-state index in [1.807, 2.05) is 30.3 Å². The molecule has 150 valence electrons. The van der Waals surface area contributed by atoms with Crippen LogP contribution in [0, 0.1) is 5.82 Å². The molecular formula is C22H21FN2O3S.